The number of carboxylic acids is 1. The van der Waals surface area contributed by atoms with Crippen molar-refractivity contribution in [1.82, 2.24) is 0 Å². The van der Waals surface area contributed by atoms with Gasteiger partial charge >= 0.3 is 5.97 Å². The Kier molecular flexibility index (Phi) is 3.52. The molecule has 0 saturated heterocycles. The molecule has 1 atom stereocenters. The summed E-state index contributed by atoms with van der Waals surface area (Å²) in [5.41, 5.74) is 0.358. The maximum atomic E-state index is 13.1. The number of hydrogen-bond donors (Lipinski definition) is 1. The summed E-state index contributed by atoms with van der Waals surface area (Å²) in [7, 11) is 1.35. The number of carbonyl (C=O) groups is 1. The number of benzene rings is 1. The van der Waals surface area contributed by atoms with Gasteiger partial charge in [0.05, 0.1) is 18.1 Å². The van der Waals surface area contributed by atoms with Crippen molar-refractivity contribution in [3.05, 3.63) is 28.5 Å². The molecule has 1 aromatic carbocycles. The molecule has 15 heavy (non-hydrogen) atoms. The highest BCUT2D eigenvalue weighted by Crippen LogP contribution is 2.31. The Morgan fingerprint density at radius 1 is 1.60 bits per heavy atom. The van der Waals surface area contributed by atoms with Gasteiger partial charge in [-0.2, -0.15) is 0 Å². The molecule has 1 aromatic rings. The van der Waals surface area contributed by atoms with Gasteiger partial charge in [0.1, 0.15) is 11.6 Å². The van der Waals surface area contributed by atoms with Crippen LogP contribution in [0.25, 0.3) is 0 Å². The van der Waals surface area contributed by atoms with Crippen molar-refractivity contribution >= 4 is 17.6 Å². The third-order valence-corrected chi connectivity index (χ3v) is 2.40. The summed E-state index contributed by atoms with van der Waals surface area (Å²) in [5, 5.41) is 8.71. The molecule has 0 aromatic heterocycles. The van der Waals surface area contributed by atoms with Crippen molar-refractivity contribution < 1.29 is 19.0 Å². The molecule has 0 bridgehead atoms. The smallest absolute Gasteiger partial charge is 0.310 e. The lowest BCUT2D eigenvalue weighted by Gasteiger charge is -2.12. The first-order valence-corrected chi connectivity index (χ1v) is 4.61. The Bertz CT molecular complexity index is 392. The molecule has 0 amide bonds. The molecule has 1 rings (SSSR count). The highest BCUT2D eigenvalue weighted by Gasteiger charge is 2.20. The average molecular weight is 233 g/mol. The molecule has 3 nitrogen and oxygen atoms in total. The molecule has 0 aliphatic rings. The summed E-state index contributed by atoms with van der Waals surface area (Å²) in [6.45, 7) is 1.48. The molecule has 0 saturated carbocycles. The molecule has 0 fully saturated rings. The number of hydrogen-bond acceptors (Lipinski definition) is 2. The van der Waals surface area contributed by atoms with E-state index in [0.29, 0.717) is 5.56 Å². The zero-order valence-corrected chi connectivity index (χ0v) is 9.01. The van der Waals surface area contributed by atoms with Crippen LogP contribution in [0.1, 0.15) is 18.4 Å². The standard InChI is InChI=1S/C10H10ClFO3/c1-5(10(13)14)6-3-7(11)8(12)4-9(6)15-2/h3-5H,1-2H3,(H,13,14). The molecule has 82 valence electrons. The summed E-state index contributed by atoms with van der Waals surface area (Å²) < 4.78 is 17.9. The van der Waals surface area contributed by atoms with E-state index in [2.05, 4.69) is 0 Å². The van der Waals surface area contributed by atoms with Gasteiger partial charge in [0.15, 0.2) is 0 Å². The lowest BCUT2D eigenvalue weighted by Crippen LogP contribution is -2.09. The summed E-state index contributed by atoms with van der Waals surface area (Å²) in [6.07, 6.45) is 0. The maximum Gasteiger partial charge on any atom is 0.310 e. The van der Waals surface area contributed by atoms with E-state index in [-0.39, 0.29) is 10.8 Å². The van der Waals surface area contributed by atoms with Crippen molar-refractivity contribution in [2.45, 2.75) is 12.8 Å². The van der Waals surface area contributed by atoms with E-state index in [1.807, 2.05) is 0 Å². The highest BCUT2D eigenvalue weighted by molar-refractivity contribution is 6.30. The fraction of sp³-hybridized carbons (Fsp3) is 0.300. The second-order valence-corrected chi connectivity index (χ2v) is 3.48. The van der Waals surface area contributed by atoms with E-state index in [1.165, 1.54) is 20.1 Å². The molecule has 5 heteroatoms. The second kappa shape index (κ2) is 4.49. The Hall–Kier alpha value is -1.29. The lowest BCUT2D eigenvalue weighted by atomic mass is 10.0. The topological polar surface area (TPSA) is 46.5 Å². The normalized spacial score (nSPS) is 12.3. The fourth-order valence-electron chi connectivity index (χ4n) is 1.19. The minimum atomic E-state index is -1.02. The van der Waals surface area contributed by atoms with E-state index in [1.54, 1.807) is 0 Å². The first-order chi connectivity index (χ1) is 6.97. The highest BCUT2D eigenvalue weighted by atomic mass is 35.5. The molecule has 0 spiro atoms. The number of rotatable bonds is 3. The van der Waals surface area contributed by atoms with Gasteiger partial charge in [0, 0.05) is 11.6 Å². The summed E-state index contributed by atoms with van der Waals surface area (Å²) in [6, 6.07) is 2.35. The summed E-state index contributed by atoms with van der Waals surface area (Å²) in [4.78, 5) is 10.8. The van der Waals surface area contributed by atoms with Gasteiger partial charge in [0.2, 0.25) is 0 Å². The van der Waals surface area contributed by atoms with Crippen LogP contribution in [0.5, 0.6) is 5.75 Å². The second-order valence-electron chi connectivity index (χ2n) is 3.07. The minimum absolute atomic E-state index is 0.112. The third kappa shape index (κ3) is 2.39. The van der Waals surface area contributed by atoms with Crippen molar-refractivity contribution in [2.75, 3.05) is 7.11 Å². The first-order valence-electron chi connectivity index (χ1n) is 4.23. The largest absolute Gasteiger partial charge is 0.496 e. The van der Waals surface area contributed by atoms with E-state index in [9.17, 15) is 9.18 Å². The van der Waals surface area contributed by atoms with Gasteiger partial charge in [0.25, 0.3) is 0 Å². The van der Waals surface area contributed by atoms with Crippen LogP contribution in [0, 0.1) is 5.82 Å². The molecule has 0 heterocycles. The number of halogens is 2. The monoisotopic (exact) mass is 232 g/mol. The molecular formula is C10H10ClFO3. The molecule has 0 aliphatic heterocycles. The molecule has 1 unspecified atom stereocenters. The van der Waals surface area contributed by atoms with Crippen LogP contribution >= 0.6 is 11.6 Å². The average Bonchev–Trinajstić information content (AvgIpc) is 2.20. The summed E-state index contributed by atoms with van der Waals surface area (Å²) in [5.74, 6) is -2.25. The SMILES string of the molecule is COc1cc(F)c(Cl)cc1C(C)C(=O)O. The molecule has 0 radical (unpaired) electrons. The number of aliphatic carboxylic acids is 1. The Balaban J connectivity index is 3.27. The van der Waals surface area contributed by atoms with Gasteiger partial charge in [-0.1, -0.05) is 11.6 Å². The van der Waals surface area contributed by atoms with Crippen LogP contribution in [0.2, 0.25) is 5.02 Å². The van der Waals surface area contributed by atoms with Gasteiger partial charge in [-0.15, -0.1) is 0 Å². The van der Waals surface area contributed by atoms with Crippen LogP contribution in [-0.2, 0) is 4.79 Å². The van der Waals surface area contributed by atoms with Crippen LogP contribution in [-0.4, -0.2) is 18.2 Å². The van der Waals surface area contributed by atoms with Crippen molar-refractivity contribution in [3.8, 4) is 5.75 Å². The maximum absolute atomic E-state index is 13.1. The van der Waals surface area contributed by atoms with Gasteiger partial charge in [-0.25, -0.2) is 4.39 Å². The fourth-order valence-corrected chi connectivity index (χ4v) is 1.36. The lowest BCUT2D eigenvalue weighted by molar-refractivity contribution is -0.138. The quantitative estimate of drug-likeness (QED) is 0.872. The number of ether oxygens (including phenoxy) is 1. The number of carboxylic acid groups (broad SMARTS) is 1. The molecule has 0 aliphatic carbocycles. The van der Waals surface area contributed by atoms with Gasteiger partial charge < -0.3 is 9.84 Å². The third-order valence-electron chi connectivity index (χ3n) is 2.11. The Labute approximate surface area is 91.4 Å². The first kappa shape index (κ1) is 11.8. The summed E-state index contributed by atoms with van der Waals surface area (Å²) >= 11 is 5.57. The van der Waals surface area contributed by atoms with Crippen LogP contribution in [0.3, 0.4) is 0 Å². The van der Waals surface area contributed by atoms with E-state index < -0.39 is 17.7 Å². The van der Waals surface area contributed by atoms with E-state index in [0.717, 1.165) is 6.07 Å². The zero-order chi connectivity index (χ0) is 11.6. The van der Waals surface area contributed by atoms with Crippen molar-refractivity contribution in [1.29, 1.82) is 0 Å². The van der Waals surface area contributed by atoms with Crippen molar-refractivity contribution in [2.24, 2.45) is 0 Å². The predicted octanol–water partition coefficient (Wildman–Crippen LogP) is 2.68. The van der Waals surface area contributed by atoms with Crippen LogP contribution < -0.4 is 4.74 Å². The number of methoxy groups -OCH3 is 1. The van der Waals surface area contributed by atoms with Gasteiger partial charge in [-0.3, -0.25) is 4.79 Å². The minimum Gasteiger partial charge on any atom is -0.496 e. The molecular weight excluding hydrogens is 223 g/mol. The Morgan fingerprint density at radius 2 is 2.20 bits per heavy atom. The molecule has 1 N–H and O–H groups in total. The van der Waals surface area contributed by atoms with Gasteiger partial charge in [-0.05, 0) is 13.0 Å². The van der Waals surface area contributed by atoms with Crippen LogP contribution in [0.15, 0.2) is 12.1 Å². The van der Waals surface area contributed by atoms with E-state index >= 15 is 0 Å². The van der Waals surface area contributed by atoms with Crippen molar-refractivity contribution in [3.63, 3.8) is 0 Å². The van der Waals surface area contributed by atoms with Crippen LogP contribution in [0.4, 0.5) is 4.39 Å². The zero-order valence-electron chi connectivity index (χ0n) is 8.25. The van der Waals surface area contributed by atoms with E-state index in [4.69, 9.17) is 21.4 Å². The Morgan fingerprint density at radius 3 is 2.67 bits per heavy atom. The predicted molar refractivity (Wildman–Crippen MR) is 54.0 cm³/mol.